The van der Waals surface area contributed by atoms with Crippen LogP contribution in [0.3, 0.4) is 0 Å². The zero-order valence-corrected chi connectivity index (χ0v) is 8.51. The Morgan fingerprint density at radius 2 is 2.17 bits per heavy atom. The third kappa shape index (κ3) is 1.23. The molecule has 2 N–H and O–H groups in total. The summed E-state index contributed by atoms with van der Waals surface area (Å²) in [5.74, 6) is 0.898. The molecule has 1 atom stereocenters. The molecular formula is C8H7Cl2NS. The summed E-state index contributed by atoms with van der Waals surface area (Å²) in [6, 6.07) is 3.86. The first-order valence-electron chi connectivity index (χ1n) is 3.56. The quantitative estimate of drug-likeness (QED) is 0.726. The lowest BCUT2D eigenvalue weighted by Crippen LogP contribution is -2.08. The van der Waals surface area contributed by atoms with Gasteiger partial charge >= 0.3 is 0 Å². The highest BCUT2D eigenvalue weighted by molar-refractivity contribution is 7.99. The van der Waals surface area contributed by atoms with Crippen molar-refractivity contribution >= 4 is 35.0 Å². The van der Waals surface area contributed by atoms with Crippen LogP contribution >= 0.6 is 35.0 Å². The number of rotatable bonds is 0. The zero-order chi connectivity index (χ0) is 8.72. The van der Waals surface area contributed by atoms with Crippen molar-refractivity contribution in [2.75, 3.05) is 5.75 Å². The van der Waals surface area contributed by atoms with Crippen molar-refractivity contribution in [1.82, 2.24) is 0 Å². The molecule has 0 fully saturated rings. The maximum Gasteiger partial charge on any atom is 0.0731 e. The first-order chi connectivity index (χ1) is 5.70. The molecule has 2 rings (SSSR count). The number of fused-ring (bicyclic) bond motifs is 1. The van der Waals surface area contributed by atoms with Crippen LogP contribution in [0.1, 0.15) is 11.6 Å². The van der Waals surface area contributed by atoms with Crippen LogP contribution in [-0.4, -0.2) is 5.75 Å². The Hall–Kier alpha value is 0.110. The Kier molecular flexibility index (Phi) is 2.25. The normalized spacial score (nSPS) is 21.1. The topological polar surface area (TPSA) is 26.0 Å². The predicted octanol–water partition coefficient (Wildman–Crippen LogP) is 3.10. The van der Waals surface area contributed by atoms with Gasteiger partial charge in [-0.05, 0) is 11.6 Å². The van der Waals surface area contributed by atoms with E-state index in [9.17, 15) is 0 Å². The summed E-state index contributed by atoms with van der Waals surface area (Å²) in [5.41, 5.74) is 6.96. The summed E-state index contributed by atoms with van der Waals surface area (Å²) in [6.45, 7) is 0. The Labute approximate surface area is 85.2 Å². The van der Waals surface area contributed by atoms with Gasteiger partial charge in [0, 0.05) is 16.7 Å². The Morgan fingerprint density at radius 3 is 2.92 bits per heavy atom. The summed E-state index contributed by atoms with van der Waals surface area (Å²) in [7, 11) is 0. The fourth-order valence-electron chi connectivity index (χ4n) is 1.25. The second-order valence-electron chi connectivity index (χ2n) is 2.70. The van der Waals surface area contributed by atoms with E-state index in [1.165, 1.54) is 0 Å². The van der Waals surface area contributed by atoms with Crippen LogP contribution in [-0.2, 0) is 0 Å². The van der Waals surface area contributed by atoms with Gasteiger partial charge in [-0.2, -0.15) is 0 Å². The zero-order valence-electron chi connectivity index (χ0n) is 6.18. The molecule has 1 unspecified atom stereocenters. The molecule has 0 bridgehead atoms. The average Bonchev–Trinajstić information content (AvgIpc) is 2.41. The van der Waals surface area contributed by atoms with Crippen LogP contribution < -0.4 is 5.73 Å². The van der Waals surface area contributed by atoms with Gasteiger partial charge in [0.1, 0.15) is 0 Å². The van der Waals surface area contributed by atoms with E-state index in [-0.39, 0.29) is 6.04 Å². The lowest BCUT2D eigenvalue weighted by atomic mass is 10.1. The Balaban J connectivity index is 2.60. The molecule has 0 aromatic heterocycles. The summed E-state index contributed by atoms with van der Waals surface area (Å²) in [5, 5.41) is 1.25. The van der Waals surface area contributed by atoms with Gasteiger partial charge in [0.25, 0.3) is 0 Å². The van der Waals surface area contributed by atoms with Crippen molar-refractivity contribution in [1.29, 1.82) is 0 Å². The van der Waals surface area contributed by atoms with Crippen LogP contribution in [0.4, 0.5) is 0 Å². The van der Waals surface area contributed by atoms with E-state index in [1.54, 1.807) is 17.8 Å². The molecule has 0 amide bonds. The van der Waals surface area contributed by atoms with Gasteiger partial charge in [0.15, 0.2) is 0 Å². The summed E-state index contributed by atoms with van der Waals surface area (Å²) in [4.78, 5) is 1.05. The van der Waals surface area contributed by atoms with E-state index in [0.29, 0.717) is 10.0 Å². The minimum absolute atomic E-state index is 0.111. The molecule has 1 aliphatic rings. The van der Waals surface area contributed by atoms with Gasteiger partial charge in [-0.25, -0.2) is 0 Å². The standard InChI is InChI=1S/C8H7Cl2NS/c9-5-2-1-4-6(11)3-12-8(4)7(5)10/h1-2,6H,3,11H2. The van der Waals surface area contributed by atoms with Gasteiger partial charge in [-0.1, -0.05) is 29.3 Å². The Morgan fingerprint density at radius 1 is 1.42 bits per heavy atom. The molecule has 1 nitrogen and oxygen atoms in total. The van der Waals surface area contributed by atoms with E-state index in [1.807, 2.05) is 6.07 Å². The number of hydrogen-bond acceptors (Lipinski definition) is 2. The van der Waals surface area contributed by atoms with Crippen molar-refractivity contribution in [3.63, 3.8) is 0 Å². The van der Waals surface area contributed by atoms with E-state index in [4.69, 9.17) is 28.9 Å². The van der Waals surface area contributed by atoms with E-state index in [2.05, 4.69) is 0 Å². The lowest BCUT2D eigenvalue weighted by molar-refractivity contribution is 0.834. The van der Waals surface area contributed by atoms with Crippen molar-refractivity contribution in [3.05, 3.63) is 27.7 Å². The maximum absolute atomic E-state index is 6.00. The third-order valence-electron chi connectivity index (χ3n) is 1.89. The third-order valence-corrected chi connectivity index (χ3v) is 4.06. The second-order valence-corrected chi connectivity index (χ2v) is 4.51. The molecule has 1 aliphatic heterocycles. The monoisotopic (exact) mass is 219 g/mol. The van der Waals surface area contributed by atoms with Gasteiger partial charge in [-0.15, -0.1) is 11.8 Å². The van der Waals surface area contributed by atoms with Gasteiger partial charge in [0.05, 0.1) is 10.0 Å². The molecule has 0 aliphatic carbocycles. The maximum atomic E-state index is 6.00. The average molecular weight is 220 g/mol. The summed E-state index contributed by atoms with van der Waals surface area (Å²) >= 11 is 13.5. The predicted molar refractivity (Wildman–Crippen MR) is 54.1 cm³/mol. The largest absolute Gasteiger partial charge is 0.323 e. The molecule has 1 aromatic carbocycles. The highest BCUT2D eigenvalue weighted by Crippen LogP contribution is 2.44. The molecule has 4 heteroatoms. The van der Waals surface area contributed by atoms with Crippen LogP contribution in [0, 0.1) is 0 Å². The van der Waals surface area contributed by atoms with Gasteiger partial charge in [0.2, 0.25) is 0 Å². The number of thioether (sulfide) groups is 1. The van der Waals surface area contributed by atoms with Gasteiger partial charge in [-0.3, -0.25) is 0 Å². The van der Waals surface area contributed by atoms with Crippen molar-refractivity contribution in [2.24, 2.45) is 5.73 Å². The molecular weight excluding hydrogens is 213 g/mol. The highest BCUT2D eigenvalue weighted by atomic mass is 35.5. The SMILES string of the molecule is NC1CSc2c1ccc(Cl)c2Cl. The number of hydrogen-bond donors (Lipinski definition) is 1. The molecule has 1 aromatic rings. The first kappa shape index (κ1) is 8.70. The van der Waals surface area contributed by atoms with Crippen molar-refractivity contribution in [2.45, 2.75) is 10.9 Å². The van der Waals surface area contributed by atoms with E-state index >= 15 is 0 Å². The fourth-order valence-corrected chi connectivity index (χ4v) is 2.95. The molecule has 1 heterocycles. The van der Waals surface area contributed by atoms with Crippen LogP contribution in [0.2, 0.25) is 10.0 Å². The highest BCUT2D eigenvalue weighted by Gasteiger charge is 2.22. The molecule has 0 saturated carbocycles. The number of halogens is 2. The van der Waals surface area contributed by atoms with Crippen molar-refractivity contribution in [3.8, 4) is 0 Å². The Bertz CT molecular complexity index is 327. The van der Waals surface area contributed by atoms with Crippen molar-refractivity contribution < 1.29 is 0 Å². The van der Waals surface area contributed by atoms with Crippen LogP contribution in [0.25, 0.3) is 0 Å². The minimum atomic E-state index is 0.111. The smallest absolute Gasteiger partial charge is 0.0731 e. The summed E-state index contributed by atoms with van der Waals surface area (Å²) < 4.78 is 0. The molecule has 0 saturated heterocycles. The van der Waals surface area contributed by atoms with E-state index < -0.39 is 0 Å². The second kappa shape index (κ2) is 3.11. The lowest BCUT2D eigenvalue weighted by Gasteiger charge is -2.04. The van der Waals surface area contributed by atoms with E-state index in [0.717, 1.165) is 16.2 Å². The number of benzene rings is 1. The molecule has 0 radical (unpaired) electrons. The number of nitrogens with two attached hydrogens (primary N) is 1. The molecule has 0 spiro atoms. The fraction of sp³-hybridized carbons (Fsp3) is 0.250. The minimum Gasteiger partial charge on any atom is -0.323 e. The van der Waals surface area contributed by atoms with Crippen LogP contribution in [0.15, 0.2) is 17.0 Å². The molecule has 64 valence electrons. The molecule has 12 heavy (non-hydrogen) atoms. The first-order valence-corrected chi connectivity index (χ1v) is 5.30. The summed E-state index contributed by atoms with van der Waals surface area (Å²) in [6.07, 6.45) is 0. The van der Waals surface area contributed by atoms with Gasteiger partial charge < -0.3 is 5.73 Å². The van der Waals surface area contributed by atoms with Crippen LogP contribution in [0.5, 0.6) is 0 Å².